The van der Waals surface area contributed by atoms with Gasteiger partial charge in [0.05, 0.1) is 0 Å². The van der Waals surface area contributed by atoms with Gasteiger partial charge < -0.3 is 37.2 Å². The van der Waals surface area contributed by atoms with Crippen molar-refractivity contribution in [2.45, 2.75) is 72.6 Å². The molecular formula is C51H84Cl3N9SiTi. The van der Waals surface area contributed by atoms with Gasteiger partial charge in [-0.1, -0.05) is 0 Å². The first kappa shape index (κ1) is 60.2. The molecule has 0 atom stereocenters. The van der Waals surface area contributed by atoms with Crippen LogP contribution in [0, 0.1) is 41.5 Å². The standard InChI is InChI=1S/C51H84N9Si.3ClH.Ti/c1-29-30(2)32(4)48(31(29)3)61(49-33(5)39(52(11)12)45(58(23)24)40(34(49)6)53(13)14,50-35(7)41(54(15)16)46(59(25)26)42(36(50)8)55(17)18)51-37(9)43(56(19)20)47(60(27)28)44(38(51)10)57(21)22;;;;/h1-28H3;3*1H;/q;;;;+3/p-3. The van der Waals surface area contributed by atoms with Gasteiger partial charge in [-0.2, -0.15) is 0 Å². The van der Waals surface area contributed by atoms with Crippen LogP contribution in [0.1, 0.15) is 61.1 Å². The van der Waals surface area contributed by atoms with Crippen LogP contribution in [0.25, 0.3) is 0 Å². The summed E-state index contributed by atoms with van der Waals surface area (Å²) in [5, 5.41) is 4.53. The van der Waals surface area contributed by atoms with Gasteiger partial charge in [-0.25, -0.2) is 0 Å². The summed E-state index contributed by atoms with van der Waals surface area (Å²) in [6.45, 7) is 24.5. The average Bonchev–Trinajstić information content (AvgIpc) is 3.27. The van der Waals surface area contributed by atoms with Gasteiger partial charge in [-0.3, -0.25) is 0 Å². The number of hydrogen-bond donors (Lipinski definition) is 0. The van der Waals surface area contributed by atoms with Crippen LogP contribution >= 0.6 is 0 Å². The molecule has 0 aromatic heterocycles. The van der Waals surface area contributed by atoms with Crippen molar-refractivity contribution in [1.82, 2.24) is 0 Å². The third-order valence-corrected chi connectivity index (χ3v) is 23.6. The molecule has 0 spiro atoms. The Kier molecular flexibility index (Phi) is 19.6. The fraction of sp³-hybridized carbons (Fsp3) is 0.569. The molecule has 14 heteroatoms. The quantitative estimate of drug-likeness (QED) is 0.151. The van der Waals surface area contributed by atoms with Gasteiger partial charge in [0, 0.05) is 0 Å². The molecule has 0 saturated heterocycles. The van der Waals surface area contributed by atoms with Crippen molar-refractivity contribution in [1.29, 1.82) is 0 Å². The molecule has 3 aromatic rings. The number of allylic oxidation sites excluding steroid dienone is 4. The van der Waals surface area contributed by atoms with Crippen LogP contribution in [0.15, 0.2) is 22.3 Å². The molecule has 0 N–H and O–H groups in total. The monoisotopic (exact) mass is 1000 g/mol. The molecule has 3 aromatic carbocycles. The van der Waals surface area contributed by atoms with Crippen LogP contribution in [-0.4, -0.2) is 135 Å². The molecule has 0 saturated carbocycles. The summed E-state index contributed by atoms with van der Waals surface area (Å²) in [5.41, 5.74) is 25.4. The van der Waals surface area contributed by atoms with E-state index < -0.39 is 11.4 Å². The Morgan fingerprint density at radius 3 is 0.538 bits per heavy atom. The van der Waals surface area contributed by atoms with Crippen LogP contribution in [0.2, 0.25) is 3.34 Å². The Hall–Kier alpha value is -2.86. The number of hydrogen-bond acceptors (Lipinski definition) is 9. The van der Waals surface area contributed by atoms with Crippen molar-refractivity contribution < 1.29 is 57.7 Å². The van der Waals surface area contributed by atoms with Gasteiger partial charge in [0.15, 0.2) is 0 Å². The van der Waals surface area contributed by atoms with Crippen molar-refractivity contribution in [3.63, 3.8) is 0 Å². The second-order valence-electron chi connectivity index (χ2n) is 20.1. The summed E-state index contributed by atoms with van der Waals surface area (Å²) in [6, 6.07) is 0. The third-order valence-electron chi connectivity index (χ3n) is 14.3. The number of nitrogens with zero attached hydrogens (tertiary/aromatic N) is 9. The average molecular weight is 1010 g/mol. The Morgan fingerprint density at radius 2 is 0.415 bits per heavy atom. The van der Waals surface area contributed by atoms with E-state index in [1.165, 1.54) is 122 Å². The molecule has 0 bridgehead atoms. The van der Waals surface area contributed by atoms with Gasteiger partial charge in [0.2, 0.25) is 0 Å². The maximum Gasteiger partial charge on any atom is -1.00 e. The van der Waals surface area contributed by atoms with Gasteiger partial charge in [0.1, 0.15) is 0 Å². The Balaban J connectivity index is 0.00000704. The van der Waals surface area contributed by atoms with Crippen molar-refractivity contribution >= 4 is 74.8 Å². The zero-order valence-electron chi connectivity index (χ0n) is 45.7. The largest absolute Gasteiger partial charge is 1.00 e. The second kappa shape index (κ2) is 21.2. The molecule has 362 valence electrons. The second-order valence-corrected chi connectivity index (χ2v) is 25.8. The molecule has 0 fully saturated rings. The number of benzene rings is 3. The van der Waals surface area contributed by atoms with Gasteiger partial charge in [-0.05, 0) is 0 Å². The third kappa shape index (κ3) is 8.77. The molecule has 0 unspecified atom stereocenters. The predicted octanol–water partition coefficient (Wildman–Crippen LogP) is -1.46. The van der Waals surface area contributed by atoms with Crippen molar-refractivity contribution in [3.05, 3.63) is 55.7 Å². The zero-order valence-corrected chi connectivity index (χ0v) is 50.5. The maximum atomic E-state index is 2.67. The predicted molar refractivity (Wildman–Crippen MR) is 281 cm³/mol. The molecule has 0 heterocycles. The van der Waals surface area contributed by atoms with Crippen molar-refractivity contribution in [2.75, 3.05) is 171 Å². The summed E-state index contributed by atoms with van der Waals surface area (Å²) in [4.78, 5) is 21.3. The van der Waals surface area contributed by atoms with Crippen LogP contribution < -0.4 is 96.9 Å². The van der Waals surface area contributed by atoms with E-state index in [1.807, 2.05) is 0 Å². The van der Waals surface area contributed by atoms with Gasteiger partial charge in [0.25, 0.3) is 0 Å². The summed E-state index contributed by atoms with van der Waals surface area (Å²) in [6.07, 6.45) is 0. The van der Waals surface area contributed by atoms with Crippen molar-refractivity contribution in [2.24, 2.45) is 0 Å². The Labute approximate surface area is 428 Å². The van der Waals surface area contributed by atoms with E-state index >= 15 is 0 Å². The Morgan fingerprint density at radius 1 is 0.277 bits per heavy atom. The fourth-order valence-electron chi connectivity index (χ4n) is 12.1. The zero-order chi connectivity index (χ0) is 47.9. The van der Waals surface area contributed by atoms with Crippen LogP contribution in [0.3, 0.4) is 0 Å². The van der Waals surface area contributed by atoms with Gasteiger partial charge in [-0.15, -0.1) is 0 Å². The van der Waals surface area contributed by atoms with Crippen molar-refractivity contribution in [3.8, 4) is 0 Å². The molecule has 1 aliphatic carbocycles. The maximum absolute atomic E-state index is 3.56. The molecule has 0 aliphatic heterocycles. The normalized spacial score (nSPS) is 13.3. The summed E-state index contributed by atoms with van der Waals surface area (Å²) < 4.78 is -0.395. The molecular weight excluding hydrogens is 921 g/mol. The van der Waals surface area contributed by atoms with Crippen LogP contribution in [-0.2, 0) is 20.4 Å². The van der Waals surface area contributed by atoms with E-state index in [2.05, 4.69) is 261 Å². The molecule has 65 heavy (non-hydrogen) atoms. The van der Waals surface area contributed by atoms with Crippen LogP contribution in [0.5, 0.6) is 0 Å². The molecule has 4 rings (SSSR count). The summed E-state index contributed by atoms with van der Waals surface area (Å²) in [7, 11) is 36.6. The van der Waals surface area contributed by atoms with E-state index in [0.717, 1.165) is 0 Å². The number of rotatable bonds is 13. The Bertz CT molecular complexity index is 2000. The fourth-order valence-corrected chi connectivity index (χ4v) is 21.9. The molecule has 9 nitrogen and oxygen atoms in total. The summed E-state index contributed by atoms with van der Waals surface area (Å²) >= 11 is 2.67. The molecule has 0 amide bonds. The minimum atomic E-state index is -3.56. The molecule has 0 radical (unpaired) electrons. The van der Waals surface area contributed by atoms with E-state index in [0.29, 0.717) is 0 Å². The molecule has 1 aliphatic rings. The van der Waals surface area contributed by atoms with E-state index in [-0.39, 0.29) is 37.2 Å². The SMILES string of the molecule is CC1=C(C)[C]([Ti+3])([Si](c2c(C)c(N(C)C)c(N(C)C)c(N(C)C)c2C)(c2c(C)c(N(C)C)c(N(C)C)c(N(C)C)c2C)c2c(C)c(N(C)C)c(N(C)C)c(N(C)C)c2C)C(C)=C1C.[Cl-].[Cl-].[Cl-]. The van der Waals surface area contributed by atoms with E-state index in [4.69, 9.17) is 0 Å². The van der Waals surface area contributed by atoms with E-state index in [1.54, 1.807) is 0 Å². The smallest absolute Gasteiger partial charge is 1.00 e. The first-order valence-electron chi connectivity index (χ1n) is 22.1. The number of anilines is 9. The first-order chi connectivity index (χ1) is 28.4. The number of halogens is 3. The van der Waals surface area contributed by atoms with E-state index in [9.17, 15) is 0 Å². The first-order valence-corrected chi connectivity index (χ1v) is 24.8. The van der Waals surface area contributed by atoms with Gasteiger partial charge >= 0.3 is 394 Å². The summed E-state index contributed by atoms with van der Waals surface area (Å²) in [5.74, 6) is 0. The minimum absolute atomic E-state index is 0. The minimum Gasteiger partial charge on any atom is -1.00 e. The van der Waals surface area contributed by atoms with Crippen LogP contribution in [0.4, 0.5) is 51.2 Å². The topological polar surface area (TPSA) is 29.2 Å².